The van der Waals surface area contributed by atoms with Crippen molar-refractivity contribution in [2.75, 3.05) is 5.75 Å². The number of hydrogen-bond acceptors (Lipinski definition) is 2. The fraction of sp³-hybridized carbons (Fsp3) is 0.900. The molecule has 0 unspecified atom stereocenters. The summed E-state index contributed by atoms with van der Waals surface area (Å²) >= 11 is 1.62. The maximum atomic E-state index is 10.3. The molecule has 0 radical (unpaired) electrons. The van der Waals surface area contributed by atoms with E-state index in [2.05, 4.69) is 6.92 Å². The van der Waals surface area contributed by atoms with Gasteiger partial charge in [-0.2, -0.15) is 0 Å². The van der Waals surface area contributed by atoms with E-state index >= 15 is 0 Å². The van der Waals surface area contributed by atoms with Crippen molar-refractivity contribution in [2.24, 2.45) is 5.92 Å². The molecule has 1 fully saturated rings. The molecule has 2 nitrogen and oxygen atoms in total. The molecule has 0 heterocycles. The van der Waals surface area contributed by atoms with Gasteiger partial charge in [0.25, 0.3) is 0 Å². The van der Waals surface area contributed by atoms with Crippen molar-refractivity contribution in [3.05, 3.63) is 0 Å². The van der Waals surface area contributed by atoms with Crippen LogP contribution in [0.4, 0.5) is 0 Å². The first-order valence-electron chi connectivity index (χ1n) is 5.05. The maximum Gasteiger partial charge on any atom is 0.313 e. The van der Waals surface area contributed by atoms with Gasteiger partial charge in [0.15, 0.2) is 0 Å². The zero-order valence-electron chi connectivity index (χ0n) is 8.16. The lowest BCUT2D eigenvalue weighted by atomic mass is 9.87. The number of carboxylic acids is 1. The van der Waals surface area contributed by atoms with E-state index in [-0.39, 0.29) is 5.75 Å². The Morgan fingerprint density at radius 3 is 2.46 bits per heavy atom. The van der Waals surface area contributed by atoms with Crippen molar-refractivity contribution < 1.29 is 9.90 Å². The molecule has 0 spiro atoms. The van der Waals surface area contributed by atoms with E-state index in [1.165, 1.54) is 32.1 Å². The van der Waals surface area contributed by atoms with Crippen LogP contribution in [0.3, 0.4) is 0 Å². The van der Waals surface area contributed by atoms with Gasteiger partial charge in [-0.25, -0.2) is 0 Å². The third kappa shape index (κ3) is 4.03. The lowest BCUT2D eigenvalue weighted by Gasteiger charge is -2.26. The predicted molar refractivity (Wildman–Crippen MR) is 56.1 cm³/mol. The second-order valence-corrected chi connectivity index (χ2v) is 5.04. The Kier molecular flexibility index (Phi) is 4.64. The molecule has 0 aromatic carbocycles. The van der Waals surface area contributed by atoms with Crippen LogP contribution in [-0.4, -0.2) is 22.1 Å². The predicted octanol–water partition coefficient (Wildman–Crippen LogP) is 2.77. The normalized spacial score (nSPS) is 28.7. The van der Waals surface area contributed by atoms with Crippen LogP contribution >= 0.6 is 11.8 Å². The summed E-state index contributed by atoms with van der Waals surface area (Å²) in [4.78, 5) is 10.3. The molecule has 76 valence electrons. The number of rotatable bonds is 4. The lowest BCUT2D eigenvalue weighted by molar-refractivity contribution is -0.133. The Morgan fingerprint density at radius 1 is 1.38 bits per heavy atom. The second-order valence-electron chi connectivity index (χ2n) is 3.76. The van der Waals surface area contributed by atoms with Gasteiger partial charge in [0.05, 0.1) is 5.75 Å². The molecule has 0 aromatic rings. The molecule has 13 heavy (non-hydrogen) atoms. The molecule has 1 N–H and O–H groups in total. The Morgan fingerprint density at radius 2 is 2.00 bits per heavy atom. The SMILES string of the molecule is CCC1CCC(SCC(=O)O)CC1. The zero-order chi connectivity index (χ0) is 9.68. The summed E-state index contributed by atoms with van der Waals surface area (Å²) in [6.07, 6.45) is 6.32. The van der Waals surface area contributed by atoms with Gasteiger partial charge in [0.1, 0.15) is 0 Å². The Bertz CT molecular complexity index is 162. The standard InChI is InChI=1S/C10H18O2S/c1-2-8-3-5-9(6-4-8)13-7-10(11)12/h8-9H,2-7H2,1H3,(H,11,12). The van der Waals surface area contributed by atoms with E-state index < -0.39 is 5.97 Å². The molecule has 1 aliphatic carbocycles. The molecule has 0 saturated heterocycles. The maximum absolute atomic E-state index is 10.3. The molecule has 1 saturated carbocycles. The van der Waals surface area contributed by atoms with Crippen LogP contribution in [0.2, 0.25) is 0 Å². The van der Waals surface area contributed by atoms with Crippen molar-refractivity contribution in [3.63, 3.8) is 0 Å². The van der Waals surface area contributed by atoms with Gasteiger partial charge in [-0.15, -0.1) is 11.8 Å². The van der Waals surface area contributed by atoms with Crippen LogP contribution in [0.5, 0.6) is 0 Å². The lowest BCUT2D eigenvalue weighted by Crippen LogP contribution is -2.17. The van der Waals surface area contributed by atoms with Gasteiger partial charge in [-0.05, 0) is 31.6 Å². The van der Waals surface area contributed by atoms with Crippen LogP contribution < -0.4 is 0 Å². The first kappa shape index (κ1) is 10.9. The highest BCUT2D eigenvalue weighted by molar-refractivity contribution is 8.00. The largest absolute Gasteiger partial charge is 0.481 e. The minimum Gasteiger partial charge on any atom is -0.481 e. The molecular weight excluding hydrogens is 184 g/mol. The van der Waals surface area contributed by atoms with Crippen LogP contribution in [0.1, 0.15) is 39.0 Å². The molecule has 3 heteroatoms. The van der Waals surface area contributed by atoms with Gasteiger partial charge in [-0.3, -0.25) is 4.79 Å². The first-order valence-corrected chi connectivity index (χ1v) is 6.10. The molecule has 0 aliphatic heterocycles. The quantitative estimate of drug-likeness (QED) is 0.761. The fourth-order valence-electron chi connectivity index (χ4n) is 1.90. The number of hydrogen-bond donors (Lipinski definition) is 1. The van der Waals surface area contributed by atoms with Crippen LogP contribution in [0, 0.1) is 5.92 Å². The Labute approximate surface area is 84.1 Å². The average molecular weight is 202 g/mol. The molecule has 0 amide bonds. The van der Waals surface area contributed by atoms with Crippen LogP contribution in [0.15, 0.2) is 0 Å². The van der Waals surface area contributed by atoms with Crippen LogP contribution in [-0.2, 0) is 4.79 Å². The summed E-state index contributed by atoms with van der Waals surface area (Å²) < 4.78 is 0. The third-order valence-electron chi connectivity index (χ3n) is 2.81. The summed E-state index contributed by atoms with van der Waals surface area (Å²) in [5.74, 6) is 0.505. The highest BCUT2D eigenvalue weighted by Gasteiger charge is 2.20. The highest BCUT2D eigenvalue weighted by atomic mass is 32.2. The van der Waals surface area contributed by atoms with Gasteiger partial charge < -0.3 is 5.11 Å². The van der Waals surface area contributed by atoms with Gasteiger partial charge >= 0.3 is 5.97 Å². The second kappa shape index (κ2) is 5.53. The van der Waals surface area contributed by atoms with Gasteiger partial charge in [0, 0.05) is 5.25 Å². The van der Waals surface area contributed by atoms with Crippen molar-refractivity contribution in [2.45, 2.75) is 44.3 Å². The molecule has 1 rings (SSSR count). The summed E-state index contributed by atoms with van der Waals surface area (Å²) in [5, 5.41) is 9.13. The highest BCUT2D eigenvalue weighted by Crippen LogP contribution is 2.33. The number of aliphatic carboxylic acids is 1. The van der Waals surface area contributed by atoms with Crippen LogP contribution in [0.25, 0.3) is 0 Å². The summed E-state index contributed by atoms with van der Waals surface area (Å²) in [6.45, 7) is 2.25. The van der Waals surface area contributed by atoms with E-state index in [9.17, 15) is 4.79 Å². The molecule has 0 aromatic heterocycles. The smallest absolute Gasteiger partial charge is 0.313 e. The monoisotopic (exact) mass is 202 g/mol. The molecule has 1 aliphatic rings. The number of thioether (sulfide) groups is 1. The van der Waals surface area contributed by atoms with E-state index in [0.717, 1.165) is 5.92 Å². The van der Waals surface area contributed by atoms with Crippen molar-refractivity contribution in [3.8, 4) is 0 Å². The van der Waals surface area contributed by atoms with Crippen molar-refractivity contribution in [1.29, 1.82) is 0 Å². The molecule has 0 bridgehead atoms. The summed E-state index contributed by atoms with van der Waals surface area (Å²) in [5.41, 5.74) is 0. The van der Waals surface area contributed by atoms with E-state index in [1.54, 1.807) is 11.8 Å². The Balaban J connectivity index is 2.14. The van der Waals surface area contributed by atoms with E-state index in [1.807, 2.05) is 0 Å². The van der Waals surface area contributed by atoms with Crippen molar-refractivity contribution in [1.82, 2.24) is 0 Å². The first-order chi connectivity index (χ1) is 6.22. The minimum absolute atomic E-state index is 0.279. The van der Waals surface area contributed by atoms with Gasteiger partial charge in [0.2, 0.25) is 0 Å². The van der Waals surface area contributed by atoms with E-state index in [0.29, 0.717) is 5.25 Å². The average Bonchev–Trinajstić information content (AvgIpc) is 2.15. The fourth-order valence-corrected chi connectivity index (χ4v) is 2.88. The zero-order valence-corrected chi connectivity index (χ0v) is 8.98. The Hall–Kier alpha value is -0.180. The number of carbonyl (C=O) groups is 1. The van der Waals surface area contributed by atoms with Crippen molar-refractivity contribution >= 4 is 17.7 Å². The molecular formula is C10H18O2S. The number of carboxylic acid groups (broad SMARTS) is 1. The van der Waals surface area contributed by atoms with Gasteiger partial charge in [-0.1, -0.05) is 13.3 Å². The minimum atomic E-state index is -0.678. The summed E-state index contributed by atoms with van der Waals surface area (Å²) in [7, 11) is 0. The topological polar surface area (TPSA) is 37.3 Å². The van der Waals surface area contributed by atoms with E-state index in [4.69, 9.17) is 5.11 Å². The third-order valence-corrected chi connectivity index (χ3v) is 4.17. The summed E-state index contributed by atoms with van der Waals surface area (Å²) in [6, 6.07) is 0. The molecule has 0 atom stereocenters.